The average Bonchev–Trinajstić information content (AvgIpc) is 2.59. The van der Waals surface area contributed by atoms with E-state index in [0.717, 1.165) is 32.1 Å². The second-order valence-corrected chi connectivity index (χ2v) is 5.76. The van der Waals surface area contributed by atoms with Crippen LogP contribution in [-0.4, -0.2) is 11.7 Å². The Labute approximate surface area is 137 Å². The van der Waals surface area contributed by atoms with Crippen molar-refractivity contribution in [1.29, 1.82) is 0 Å². The first-order valence-electron chi connectivity index (χ1n) is 8.13. The average molecular weight is 309 g/mol. The monoisotopic (exact) mass is 309 g/mol. The zero-order valence-electron chi connectivity index (χ0n) is 13.3. The molecule has 0 amide bonds. The van der Waals surface area contributed by atoms with Crippen molar-refractivity contribution in [2.45, 2.75) is 38.0 Å². The maximum absolute atomic E-state index is 9.47. The summed E-state index contributed by atoms with van der Waals surface area (Å²) in [5.74, 6) is 0.765. The Kier molecular flexibility index (Phi) is 7.02. The molecule has 0 aliphatic heterocycles. The molecule has 2 rings (SSSR count). The molecule has 120 valence electrons. The molecule has 2 aromatic rings. The van der Waals surface area contributed by atoms with Crippen LogP contribution in [0.2, 0.25) is 0 Å². The Balaban J connectivity index is 1.95. The van der Waals surface area contributed by atoms with Gasteiger partial charge in [0.1, 0.15) is 5.75 Å². The van der Waals surface area contributed by atoms with Crippen LogP contribution in [0.5, 0.6) is 5.75 Å². The molecule has 0 saturated carbocycles. The van der Waals surface area contributed by atoms with Crippen LogP contribution in [0.1, 0.15) is 42.7 Å². The van der Waals surface area contributed by atoms with Crippen LogP contribution < -0.4 is 0 Å². The van der Waals surface area contributed by atoms with Gasteiger partial charge in [-0.15, -0.1) is 0 Å². The zero-order valence-corrected chi connectivity index (χ0v) is 13.3. The molecule has 1 atom stereocenters. The molecule has 0 saturated heterocycles. The van der Waals surface area contributed by atoms with Gasteiger partial charge in [0.05, 0.1) is 0 Å². The molecular weight excluding hydrogens is 286 g/mol. The fraction of sp³-hybridized carbons (Fsp3) is 0.368. The minimum Gasteiger partial charge on any atom is -0.508 e. The van der Waals surface area contributed by atoms with Crippen LogP contribution in [0, 0.1) is 0 Å². The Bertz CT molecular complexity index is 619. The number of aromatic hydroxyl groups is 1. The highest BCUT2D eigenvalue weighted by molar-refractivity contribution is 5.28. The molecular formula is C19H23N3O. The fourth-order valence-corrected chi connectivity index (χ4v) is 2.83. The van der Waals surface area contributed by atoms with E-state index in [-0.39, 0.29) is 0 Å². The van der Waals surface area contributed by atoms with Gasteiger partial charge >= 0.3 is 0 Å². The smallest absolute Gasteiger partial charge is 0.115 e. The molecule has 0 aliphatic rings. The minimum absolute atomic E-state index is 0.305. The van der Waals surface area contributed by atoms with Gasteiger partial charge in [-0.1, -0.05) is 54.0 Å². The van der Waals surface area contributed by atoms with Crippen molar-refractivity contribution >= 4 is 0 Å². The molecule has 0 unspecified atom stereocenters. The predicted molar refractivity (Wildman–Crippen MR) is 93.5 cm³/mol. The molecule has 0 heterocycles. The number of azide groups is 1. The molecule has 1 N–H and O–H groups in total. The normalized spacial score (nSPS) is 11.7. The second-order valence-electron chi connectivity index (χ2n) is 5.76. The van der Waals surface area contributed by atoms with Gasteiger partial charge in [-0.05, 0) is 60.4 Å². The van der Waals surface area contributed by atoms with Crippen LogP contribution in [0.3, 0.4) is 0 Å². The first-order chi connectivity index (χ1) is 11.3. The first-order valence-corrected chi connectivity index (χ1v) is 8.13. The SMILES string of the molecule is [N-]=[N+]=NCCCC[C@H](CCc1ccccc1)c1ccc(O)cc1. The van der Waals surface area contributed by atoms with E-state index >= 15 is 0 Å². The number of aryl methyl sites for hydroxylation is 1. The van der Waals surface area contributed by atoms with E-state index < -0.39 is 0 Å². The number of benzene rings is 2. The molecule has 4 nitrogen and oxygen atoms in total. The van der Waals surface area contributed by atoms with Gasteiger partial charge < -0.3 is 5.11 Å². The Morgan fingerprint density at radius 2 is 1.70 bits per heavy atom. The van der Waals surface area contributed by atoms with Gasteiger partial charge in [-0.25, -0.2) is 0 Å². The summed E-state index contributed by atoms with van der Waals surface area (Å²) >= 11 is 0. The highest BCUT2D eigenvalue weighted by atomic mass is 16.3. The van der Waals surface area contributed by atoms with Crippen LogP contribution >= 0.6 is 0 Å². The van der Waals surface area contributed by atoms with Crippen LogP contribution in [0.25, 0.3) is 10.4 Å². The summed E-state index contributed by atoms with van der Waals surface area (Å²) in [6.45, 7) is 0.567. The van der Waals surface area contributed by atoms with Crippen LogP contribution in [0.15, 0.2) is 59.7 Å². The van der Waals surface area contributed by atoms with Gasteiger partial charge in [0.2, 0.25) is 0 Å². The van der Waals surface area contributed by atoms with Crippen molar-refractivity contribution in [3.63, 3.8) is 0 Å². The number of phenols is 1. The lowest BCUT2D eigenvalue weighted by Gasteiger charge is -2.17. The van der Waals surface area contributed by atoms with Crippen molar-refractivity contribution in [2.75, 3.05) is 6.54 Å². The second kappa shape index (κ2) is 9.54. The molecule has 23 heavy (non-hydrogen) atoms. The lowest BCUT2D eigenvalue weighted by Crippen LogP contribution is -2.02. The third-order valence-electron chi connectivity index (χ3n) is 4.11. The Morgan fingerprint density at radius 3 is 2.39 bits per heavy atom. The Hall–Kier alpha value is -2.45. The van der Waals surface area contributed by atoms with Gasteiger partial charge in [-0.2, -0.15) is 0 Å². The van der Waals surface area contributed by atoms with Gasteiger partial charge in [0.15, 0.2) is 0 Å². The number of phenolic OH excluding ortho intramolecular Hbond substituents is 1. The van der Waals surface area contributed by atoms with E-state index in [1.165, 1.54) is 11.1 Å². The van der Waals surface area contributed by atoms with E-state index in [2.05, 4.69) is 34.3 Å². The summed E-state index contributed by atoms with van der Waals surface area (Å²) in [6.07, 6.45) is 5.15. The van der Waals surface area contributed by atoms with Gasteiger partial charge in [0, 0.05) is 11.5 Å². The van der Waals surface area contributed by atoms with Crippen molar-refractivity contribution in [3.8, 4) is 5.75 Å². The molecule has 2 aromatic carbocycles. The van der Waals surface area contributed by atoms with Gasteiger partial charge in [-0.3, -0.25) is 0 Å². The van der Waals surface area contributed by atoms with E-state index in [1.807, 2.05) is 18.2 Å². The predicted octanol–water partition coefficient (Wildman–Crippen LogP) is 5.59. The molecule has 0 aliphatic carbocycles. The van der Waals surface area contributed by atoms with Gasteiger partial charge in [0.25, 0.3) is 0 Å². The van der Waals surface area contributed by atoms with Crippen molar-refractivity contribution in [3.05, 3.63) is 76.2 Å². The van der Waals surface area contributed by atoms with Crippen LogP contribution in [0.4, 0.5) is 0 Å². The third-order valence-corrected chi connectivity index (χ3v) is 4.11. The molecule has 0 bridgehead atoms. The first kappa shape index (κ1) is 16.9. The topological polar surface area (TPSA) is 69.0 Å². The number of nitrogens with zero attached hydrogens (tertiary/aromatic N) is 3. The number of hydrogen-bond donors (Lipinski definition) is 1. The zero-order chi connectivity index (χ0) is 16.3. The Morgan fingerprint density at radius 1 is 0.957 bits per heavy atom. The minimum atomic E-state index is 0.305. The van der Waals surface area contributed by atoms with Crippen molar-refractivity contribution in [1.82, 2.24) is 0 Å². The summed E-state index contributed by atoms with van der Waals surface area (Å²) in [5, 5.41) is 13.1. The van der Waals surface area contributed by atoms with E-state index in [4.69, 9.17) is 5.53 Å². The van der Waals surface area contributed by atoms with Crippen molar-refractivity contribution < 1.29 is 5.11 Å². The van der Waals surface area contributed by atoms with E-state index in [9.17, 15) is 5.11 Å². The van der Waals surface area contributed by atoms with E-state index in [1.54, 1.807) is 12.1 Å². The molecule has 0 aromatic heterocycles. The molecule has 4 heteroatoms. The fourth-order valence-electron chi connectivity index (χ4n) is 2.83. The summed E-state index contributed by atoms with van der Waals surface area (Å²) in [4.78, 5) is 2.79. The number of hydrogen-bond acceptors (Lipinski definition) is 2. The summed E-state index contributed by atoms with van der Waals surface area (Å²) in [6, 6.07) is 18.0. The molecule has 0 spiro atoms. The van der Waals surface area contributed by atoms with Crippen LogP contribution in [-0.2, 0) is 6.42 Å². The standard InChI is InChI=1S/C19H23N3O/c20-22-21-15-5-4-8-17(18-11-13-19(23)14-12-18)10-9-16-6-2-1-3-7-16/h1-3,6-7,11-14,17,23H,4-5,8-10,15H2/t17-/m1/s1. The summed E-state index contributed by atoms with van der Waals surface area (Å²) in [5.41, 5.74) is 10.9. The number of unbranched alkanes of at least 4 members (excludes halogenated alkanes) is 1. The number of rotatable bonds is 9. The highest BCUT2D eigenvalue weighted by Gasteiger charge is 2.11. The summed E-state index contributed by atoms with van der Waals surface area (Å²) in [7, 11) is 0. The third kappa shape index (κ3) is 6.05. The van der Waals surface area contributed by atoms with E-state index in [0.29, 0.717) is 18.2 Å². The molecule has 0 radical (unpaired) electrons. The van der Waals surface area contributed by atoms with Crippen molar-refractivity contribution in [2.24, 2.45) is 5.11 Å². The quantitative estimate of drug-likeness (QED) is 0.279. The molecule has 0 fully saturated rings. The maximum Gasteiger partial charge on any atom is 0.115 e. The lowest BCUT2D eigenvalue weighted by molar-refractivity contribution is 0.474. The highest BCUT2D eigenvalue weighted by Crippen LogP contribution is 2.28. The lowest BCUT2D eigenvalue weighted by atomic mass is 9.88. The largest absolute Gasteiger partial charge is 0.508 e. The maximum atomic E-state index is 9.47. The summed E-state index contributed by atoms with van der Waals surface area (Å²) < 4.78 is 0.